The van der Waals surface area contributed by atoms with Gasteiger partial charge in [-0.1, -0.05) is 6.07 Å². The minimum absolute atomic E-state index is 0.0369. The number of hydrogen-bond donors (Lipinski definition) is 3. The molecule has 1 rings (SSSR count). The Balaban J connectivity index is 3.09. The molecule has 128 valence electrons. The molecule has 0 aliphatic carbocycles. The van der Waals surface area contributed by atoms with Crippen LogP contribution in [0.25, 0.3) is 0 Å². The number of nitrogens with one attached hydrogen (secondary N) is 1. The van der Waals surface area contributed by atoms with Crippen LogP contribution in [0.4, 0.5) is 11.4 Å². The number of nitrogens with zero attached hydrogens (tertiary/aromatic N) is 1. The van der Waals surface area contributed by atoms with E-state index in [-0.39, 0.29) is 17.2 Å². The first-order valence-electron chi connectivity index (χ1n) is 7.48. The van der Waals surface area contributed by atoms with Crippen LogP contribution in [0.15, 0.2) is 18.2 Å². The van der Waals surface area contributed by atoms with Crippen molar-refractivity contribution in [1.82, 2.24) is 0 Å². The second kappa shape index (κ2) is 6.86. The summed E-state index contributed by atoms with van der Waals surface area (Å²) >= 11 is 0. The van der Waals surface area contributed by atoms with Crippen LogP contribution in [0.2, 0.25) is 0 Å². The summed E-state index contributed by atoms with van der Waals surface area (Å²) in [6, 6.07) is 4.41. The molecule has 0 aromatic heterocycles. The van der Waals surface area contributed by atoms with Crippen molar-refractivity contribution < 1.29 is 19.7 Å². The summed E-state index contributed by atoms with van der Waals surface area (Å²) in [5.74, 6) is 0. The molecule has 0 spiro atoms. The number of rotatable bonds is 7. The topological polar surface area (TPSA) is 105 Å². The number of nitro groups is 1. The zero-order chi connectivity index (χ0) is 18.0. The van der Waals surface area contributed by atoms with Gasteiger partial charge in [-0.25, -0.2) is 0 Å². The molecule has 0 atom stereocenters. The Kier molecular flexibility index (Phi) is 5.79. The van der Waals surface area contributed by atoms with E-state index in [2.05, 4.69) is 5.32 Å². The van der Waals surface area contributed by atoms with E-state index in [1.54, 1.807) is 33.8 Å². The maximum atomic E-state index is 11.2. The molecule has 1 aromatic carbocycles. The van der Waals surface area contributed by atoms with Crippen molar-refractivity contribution in [2.45, 2.75) is 58.8 Å². The van der Waals surface area contributed by atoms with E-state index in [1.807, 2.05) is 13.8 Å². The molecule has 1 aromatic rings. The highest BCUT2D eigenvalue weighted by atomic mass is 16.6. The summed E-state index contributed by atoms with van der Waals surface area (Å²) in [5.41, 5.74) is -1.75. The van der Waals surface area contributed by atoms with Crippen LogP contribution in [0.3, 0.4) is 0 Å². The Morgan fingerprint density at radius 1 is 1.30 bits per heavy atom. The second-order valence-electron chi connectivity index (χ2n) is 6.87. The van der Waals surface area contributed by atoms with Gasteiger partial charge >= 0.3 is 7.12 Å². The molecule has 0 saturated carbocycles. The maximum absolute atomic E-state index is 11.2. The van der Waals surface area contributed by atoms with Crippen LogP contribution in [0, 0.1) is 10.1 Å². The van der Waals surface area contributed by atoms with Crippen molar-refractivity contribution in [3.63, 3.8) is 0 Å². The predicted molar refractivity (Wildman–Crippen MR) is 90.9 cm³/mol. The first-order valence-corrected chi connectivity index (χ1v) is 7.48. The second-order valence-corrected chi connectivity index (χ2v) is 6.87. The van der Waals surface area contributed by atoms with Gasteiger partial charge < -0.3 is 20.1 Å². The van der Waals surface area contributed by atoms with Gasteiger partial charge in [0.2, 0.25) is 0 Å². The van der Waals surface area contributed by atoms with Gasteiger partial charge in [0, 0.05) is 12.1 Å². The first kappa shape index (κ1) is 19.4. The maximum Gasteiger partial charge on any atom is 0.491 e. The van der Waals surface area contributed by atoms with Crippen molar-refractivity contribution in [2.24, 2.45) is 0 Å². The summed E-state index contributed by atoms with van der Waals surface area (Å²) < 4.78 is 5.51. The lowest BCUT2D eigenvalue weighted by atomic mass is 9.76. The normalized spacial score (nSPS) is 12.4. The highest BCUT2D eigenvalue weighted by molar-refractivity contribution is 6.60. The molecule has 0 heterocycles. The van der Waals surface area contributed by atoms with E-state index in [1.165, 1.54) is 12.1 Å². The summed E-state index contributed by atoms with van der Waals surface area (Å²) in [4.78, 5) is 10.7. The van der Waals surface area contributed by atoms with E-state index < -0.39 is 23.2 Å². The van der Waals surface area contributed by atoms with E-state index in [9.17, 15) is 20.2 Å². The van der Waals surface area contributed by atoms with Crippen molar-refractivity contribution in [2.75, 3.05) is 5.32 Å². The van der Waals surface area contributed by atoms with Crippen LogP contribution < -0.4 is 10.8 Å². The third kappa shape index (κ3) is 4.92. The first-order chi connectivity index (χ1) is 10.3. The summed E-state index contributed by atoms with van der Waals surface area (Å²) in [5, 5.41) is 34.5. The fraction of sp³-hybridized carbons (Fsp3) is 0.600. The lowest BCUT2D eigenvalue weighted by Crippen LogP contribution is -2.53. The Morgan fingerprint density at radius 2 is 1.87 bits per heavy atom. The van der Waals surface area contributed by atoms with Crippen molar-refractivity contribution in [1.29, 1.82) is 0 Å². The molecule has 23 heavy (non-hydrogen) atoms. The van der Waals surface area contributed by atoms with E-state index in [0.29, 0.717) is 5.69 Å². The molecular weight excluding hydrogens is 299 g/mol. The van der Waals surface area contributed by atoms with Gasteiger partial charge in [0.05, 0.1) is 16.1 Å². The average molecular weight is 324 g/mol. The predicted octanol–water partition coefficient (Wildman–Crippen LogP) is 1.67. The number of benzene rings is 1. The fourth-order valence-electron chi connectivity index (χ4n) is 1.78. The Hall–Kier alpha value is -1.64. The molecule has 0 aliphatic rings. The van der Waals surface area contributed by atoms with Crippen molar-refractivity contribution >= 4 is 24.0 Å². The third-order valence-corrected chi connectivity index (χ3v) is 3.83. The van der Waals surface area contributed by atoms with Crippen molar-refractivity contribution in [3.05, 3.63) is 28.3 Å². The van der Waals surface area contributed by atoms with E-state index in [0.717, 1.165) is 0 Å². The van der Waals surface area contributed by atoms with Gasteiger partial charge in [-0.2, -0.15) is 0 Å². The third-order valence-electron chi connectivity index (χ3n) is 3.83. The minimum Gasteiger partial charge on any atom is -0.423 e. The zero-order valence-electron chi connectivity index (χ0n) is 14.5. The highest BCUT2D eigenvalue weighted by Gasteiger charge is 2.39. The number of hydrogen-bond acceptors (Lipinski definition) is 6. The molecule has 0 radical (unpaired) electrons. The van der Waals surface area contributed by atoms with Gasteiger partial charge in [0.15, 0.2) is 0 Å². The minimum atomic E-state index is -1.39. The molecule has 8 heteroatoms. The lowest BCUT2D eigenvalue weighted by Gasteiger charge is -2.38. The Morgan fingerprint density at radius 3 is 2.30 bits per heavy atom. The smallest absolute Gasteiger partial charge is 0.423 e. The van der Waals surface area contributed by atoms with Gasteiger partial charge in [-0.05, 0) is 53.1 Å². The largest absolute Gasteiger partial charge is 0.491 e. The number of anilines is 1. The summed E-state index contributed by atoms with van der Waals surface area (Å²) in [6.45, 7) is 10.2. The van der Waals surface area contributed by atoms with E-state index in [4.69, 9.17) is 4.65 Å². The SMILES string of the molecule is CC(C)Nc1ccc(B(O)OC(C)(C)C(C)(C)O)cc1[N+](=O)[O-]. The van der Waals surface area contributed by atoms with Crippen LogP contribution >= 0.6 is 0 Å². The molecule has 7 nitrogen and oxygen atoms in total. The zero-order valence-corrected chi connectivity index (χ0v) is 14.5. The van der Waals surface area contributed by atoms with E-state index >= 15 is 0 Å². The number of nitro benzene ring substituents is 1. The quantitative estimate of drug-likeness (QED) is 0.400. The molecular formula is C15H25BN2O5. The van der Waals surface area contributed by atoms with Gasteiger partial charge in [-0.15, -0.1) is 0 Å². The Labute approximate surface area is 137 Å². The molecule has 0 amide bonds. The fourth-order valence-corrected chi connectivity index (χ4v) is 1.78. The molecule has 0 fully saturated rings. The summed E-state index contributed by atoms with van der Waals surface area (Å²) in [7, 11) is -1.39. The lowest BCUT2D eigenvalue weighted by molar-refractivity contribution is -0.383. The van der Waals surface area contributed by atoms with Gasteiger partial charge in [-0.3, -0.25) is 10.1 Å². The van der Waals surface area contributed by atoms with Crippen LogP contribution in [0.1, 0.15) is 41.5 Å². The molecule has 0 bridgehead atoms. The summed E-state index contributed by atoms with van der Waals surface area (Å²) in [6.07, 6.45) is 0. The molecule has 3 N–H and O–H groups in total. The van der Waals surface area contributed by atoms with Crippen molar-refractivity contribution in [3.8, 4) is 0 Å². The Bertz CT molecular complexity index is 569. The monoisotopic (exact) mass is 324 g/mol. The van der Waals surface area contributed by atoms with Crippen LogP contribution in [-0.2, 0) is 4.65 Å². The highest BCUT2D eigenvalue weighted by Crippen LogP contribution is 2.27. The van der Waals surface area contributed by atoms with Crippen LogP contribution in [-0.4, -0.2) is 39.4 Å². The molecule has 0 saturated heterocycles. The number of aliphatic hydroxyl groups is 1. The molecule has 0 aliphatic heterocycles. The average Bonchev–Trinajstić information content (AvgIpc) is 2.36. The molecule has 0 unspecified atom stereocenters. The standard InChI is InChI=1S/C15H25BN2O5/c1-10(2)17-12-8-7-11(9-13(12)18(21)22)16(20)23-15(5,6)14(3,4)19/h7-10,17,19-20H,1-6H3. The van der Waals surface area contributed by atoms with Crippen LogP contribution in [0.5, 0.6) is 0 Å². The van der Waals surface area contributed by atoms with Gasteiger partial charge in [0.25, 0.3) is 5.69 Å². The van der Waals surface area contributed by atoms with Gasteiger partial charge in [0.1, 0.15) is 5.69 Å².